The molecule has 18 heteroatoms. The van der Waals surface area contributed by atoms with E-state index in [-0.39, 0.29) is 12.1 Å². The van der Waals surface area contributed by atoms with Gasteiger partial charge in [-0.1, -0.05) is 77.0 Å². The van der Waals surface area contributed by atoms with E-state index in [1.54, 1.807) is 0 Å². The Bertz CT molecular complexity index is 1390. The van der Waals surface area contributed by atoms with Gasteiger partial charge in [-0.2, -0.15) is 0 Å². The van der Waals surface area contributed by atoms with E-state index >= 15 is 0 Å². The molecule has 1 aromatic heterocycles. The monoisotopic (exact) mass is 723 g/mol. The van der Waals surface area contributed by atoms with E-state index in [2.05, 4.69) is 61.0 Å². The molecule has 0 saturated carbocycles. The van der Waals surface area contributed by atoms with Gasteiger partial charge in [0.05, 0.1) is 6.61 Å². The summed E-state index contributed by atoms with van der Waals surface area (Å²) < 4.78 is 34.9. The Morgan fingerprint density at radius 1 is 0.854 bits per heavy atom. The molecular weight excluding hydrogens is 668 g/mol. The number of nitrogens with zero attached hydrogens (tertiary/aromatic N) is 5. The van der Waals surface area contributed by atoms with Crippen LogP contribution in [-0.4, -0.2) is 114 Å². The number of ether oxygens (including phenoxy) is 1. The zero-order valence-corrected chi connectivity index (χ0v) is 30.8. The van der Waals surface area contributed by atoms with Crippen molar-refractivity contribution in [2.24, 2.45) is 12.2 Å². The Morgan fingerprint density at radius 2 is 1.38 bits per heavy atom. The number of aliphatic hydroxyl groups is 2. The van der Waals surface area contributed by atoms with E-state index < -0.39 is 57.9 Å². The molecular formula is C30H55N5O11P2. The van der Waals surface area contributed by atoms with Gasteiger partial charge in [0, 0.05) is 19.3 Å². The van der Waals surface area contributed by atoms with Crippen LogP contribution in [0.15, 0.2) is 52.5 Å². The molecule has 5 atom stereocenters. The molecule has 0 spiro atoms. The minimum Gasteiger partial charge on any atom is -0.389 e. The minimum absolute atomic E-state index is 0.170. The highest BCUT2D eigenvalue weighted by atomic mass is 31.2. The van der Waals surface area contributed by atoms with Crippen LogP contribution in [0, 0.1) is 0 Å². The number of aliphatic hydroxyl groups excluding tert-OH is 2. The molecule has 1 saturated heterocycles. The standard InChI is InChI=1S/C18H25N3O11P2.2C6H15N/c1-20-14(19-30-9-12-5-3-2-4-6-12)7-8-21(18(20)24)17-16(23)15(22)13(32-17)10-31-34(28,29)11-33(25,26)27;2*1-4-7(5-2)6-3/h2-8,13,15-17,22-23H,9-11H2,1H3,(H,28,29)(H2,25,26,27);2*4-6H2,1-3H3/b19-14-;;/t13-,15-,16-,17-;;/m1../s1. The second kappa shape index (κ2) is 21.8. The molecule has 1 unspecified atom stereocenters. The van der Waals surface area contributed by atoms with Crippen molar-refractivity contribution < 1.29 is 48.1 Å². The highest BCUT2D eigenvalue weighted by molar-refractivity contribution is 7.70. The van der Waals surface area contributed by atoms with Crippen LogP contribution in [0.25, 0.3) is 0 Å². The largest absolute Gasteiger partial charge is 0.389 e. The van der Waals surface area contributed by atoms with Gasteiger partial charge in [-0.15, -0.1) is 0 Å². The maximum atomic E-state index is 12.8. The summed E-state index contributed by atoms with van der Waals surface area (Å²) in [4.78, 5) is 50.0. The fourth-order valence-corrected chi connectivity index (χ4v) is 7.10. The number of hydrogen-bond acceptors (Lipinski definition) is 11. The molecule has 2 aromatic rings. The zero-order valence-electron chi connectivity index (χ0n) is 29.0. The molecule has 0 aliphatic carbocycles. The zero-order chi connectivity index (χ0) is 36.5. The molecule has 3 rings (SSSR count). The van der Waals surface area contributed by atoms with Crippen molar-refractivity contribution in [1.29, 1.82) is 0 Å². The first kappa shape index (κ1) is 43.8. The molecule has 16 nitrogen and oxygen atoms in total. The summed E-state index contributed by atoms with van der Waals surface area (Å²) in [6.45, 7) is 19.7. The highest BCUT2D eigenvalue weighted by Crippen LogP contribution is 2.55. The second-order valence-electron chi connectivity index (χ2n) is 10.8. The quantitative estimate of drug-likeness (QED) is 0.132. The number of aromatic nitrogens is 2. The van der Waals surface area contributed by atoms with Gasteiger partial charge in [0.25, 0.3) is 0 Å². The Morgan fingerprint density at radius 3 is 1.83 bits per heavy atom. The summed E-state index contributed by atoms with van der Waals surface area (Å²) in [5.41, 5.74) is 0.376. The molecule has 1 aliphatic rings. The van der Waals surface area contributed by atoms with Crippen molar-refractivity contribution in [3.8, 4) is 0 Å². The van der Waals surface area contributed by atoms with Gasteiger partial charge in [-0.25, -0.2) is 4.79 Å². The van der Waals surface area contributed by atoms with Gasteiger partial charge >= 0.3 is 20.9 Å². The van der Waals surface area contributed by atoms with Crippen molar-refractivity contribution in [2.75, 3.05) is 51.8 Å². The van der Waals surface area contributed by atoms with Crippen LogP contribution in [0.2, 0.25) is 0 Å². The SMILES string of the molecule is CCN(CC)CC.CCN(CC)CC.Cn1c(=O)n([C@@H]2O[C@H](COP(=O)(O)CP(=O)(O)O)[C@@H](O)[C@H]2O)cc/c1=N/OCc1ccccc1. The molecule has 1 aromatic carbocycles. The first-order chi connectivity index (χ1) is 22.6. The van der Waals surface area contributed by atoms with E-state index in [1.165, 1.54) is 58.6 Å². The van der Waals surface area contributed by atoms with Gasteiger partial charge in [-0.05, 0) is 44.8 Å². The normalized spacial score (nSPS) is 20.9. The van der Waals surface area contributed by atoms with Gasteiger partial charge in [-0.3, -0.25) is 18.3 Å². The fourth-order valence-electron chi connectivity index (χ4n) is 4.53. The average molecular weight is 724 g/mol. The summed E-state index contributed by atoms with van der Waals surface area (Å²) in [5.74, 6) is -1.42. The molecule has 1 fully saturated rings. The molecule has 2 heterocycles. The van der Waals surface area contributed by atoms with Gasteiger partial charge in [0.15, 0.2) is 17.6 Å². The summed E-state index contributed by atoms with van der Waals surface area (Å²) in [6.07, 6.45) is -4.68. The fraction of sp³-hybridized carbons (Fsp3) is 0.667. The van der Waals surface area contributed by atoms with Crippen LogP contribution in [0.4, 0.5) is 0 Å². The van der Waals surface area contributed by atoms with Crippen molar-refractivity contribution in [2.45, 2.75) is 72.7 Å². The lowest BCUT2D eigenvalue weighted by atomic mass is 10.1. The summed E-state index contributed by atoms with van der Waals surface area (Å²) in [7, 11) is -8.12. The number of benzene rings is 1. The number of hydrogen-bond donors (Lipinski definition) is 5. The van der Waals surface area contributed by atoms with E-state index in [9.17, 15) is 29.0 Å². The van der Waals surface area contributed by atoms with E-state index in [0.717, 1.165) is 14.7 Å². The van der Waals surface area contributed by atoms with Gasteiger partial charge in [0.2, 0.25) is 0 Å². The maximum absolute atomic E-state index is 12.8. The molecule has 5 N–H and O–H groups in total. The third-order valence-corrected chi connectivity index (χ3v) is 11.0. The molecule has 0 radical (unpaired) electrons. The topological polar surface area (TPSA) is 209 Å². The van der Waals surface area contributed by atoms with Crippen LogP contribution in [0.5, 0.6) is 0 Å². The van der Waals surface area contributed by atoms with E-state index in [4.69, 9.17) is 19.4 Å². The predicted octanol–water partition coefficient (Wildman–Crippen LogP) is 1.87. The minimum atomic E-state index is -4.84. The van der Waals surface area contributed by atoms with Crippen molar-refractivity contribution in [1.82, 2.24) is 18.9 Å². The van der Waals surface area contributed by atoms with Crippen molar-refractivity contribution in [3.63, 3.8) is 0 Å². The third-order valence-electron chi connectivity index (χ3n) is 7.57. The predicted molar refractivity (Wildman–Crippen MR) is 182 cm³/mol. The summed E-state index contributed by atoms with van der Waals surface area (Å²) in [5, 5.41) is 24.5. The molecule has 0 bridgehead atoms. The van der Waals surface area contributed by atoms with Gasteiger partial charge in [0.1, 0.15) is 24.9 Å². The lowest BCUT2D eigenvalue weighted by Crippen LogP contribution is -2.42. The first-order valence-corrected chi connectivity index (χ1v) is 19.6. The number of rotatable bonds is 15. The molecule has 1 aliphatic heterocycles. The van der Waals surface area contributed by atoms with Crippen LogP contribution < -0.4 is 11.2 Å². The first-order valence-electron chi connectivity index (χ1n) is 16.0. The van der Waals surface area contributed by atoms with Crippen LogP contribution >= 0.6 is 15.2 Å². The van der Waals surface area contributed by atoms with Crippen molar-refractivity contribution in [3.05, 3.63) is 64.1 Å². The smallest absolute Gasteiger partial charge is 0.340 e. The highest BCUT2D eigenvalue weighted by Gasteiger charge is 2.45. The average Bonchev–Trinajstić information content (AvgIpc) is 3.32. The summed E-state index contributed by atoms with van der Waals surface area (Å²) in [6, 6.07) is 10.7. The Hall–Kier alpha value is -2.20. The second-order valence-corrected chi connectivity index (χ2v) is 14.8. The van der Waals surface area contributed by atoms with Gasteiger partial charge < -0.3 is 48.8 Å². The van der Waals surface area contributed by atoms with Crippen LogP contribution in [0.1, 0.15) is 53.3 Å². The lowest BCUT2D eigenvalue weighted by Gasteiger charge is -2.19. The van der Waals surface area contributed by atoms with Crippen molar-refractivity contribution >= 4 is 15.2 Å². The van der Waals surface area contributed by atoms with Crippen LogP contribution in [-0.2, 0) is 36.9 Å². The lowest BCUT2D eigenvalue weighted by molar-refractivity contribution is -0.0530. The maximum Gasteiger partial charge on any atom is 0.340 e. The molecule has 276 valence electrons. The van der Waals surface area contributed by atoms with E-state index in [0.29, 0.717) is 0 Å². The Balaban J connectivity index is 0.000000687. The molecule has 48 heavy (non-hydrogen) atoms. The van der Waals surface area contributed by atoms with E-state index in [1.807, 2.05) is 30.3 Å². The molecule has 0 amide bonds. The summed E-state index contributed by atoms with van der Waals surface area (Å²) >= 11 is 0. The Kier molecular flexibility index (Phi) is 19.9. The Labute approximate surface area is 282 Å². The van der Waals surface area contributed by atoms with Crippen LogP contribution in [0.3, 0.4) is 0 Å². The third kappa shape index (κ3) is 15.1.